The molecular formula is C26H26F6O2. The van der Waals surface area contributed by atoms with Crippen molar-refractivity contribution in [1.82, 2.24) is 0 Å². The standard InChI is InChI=1S/C26H26F6O2/c1-15-13-33-25(34-14-15)17-4-2-16(3-5-17)18-6-7-20(22(27)10-18)19-11-23(28)21(24(29)12-19)8-9-26(30,31)32/h6-12,15-17,25H,2-5,13-14H2,1H3/b9-8+. The fourth-order valence-corrected chi connectivity index (χ4v) is 4.71. The van der Waals surface area contributed by atoms with Gasteiger partial charge in [-0.05, 0) is 67.0 Å². The molecule has 0 bridgehead atoms. The molecule has 0 N–H and O–H groups in total. The summed E-state index contributed by atoms with van der Waals surface area (Å²) in [6.45, 7) is 3.46. The zero-order valence-electron chi connectivity index (χ0n) is 18.7. The van der Waals surface area contributed by atoms with Crippen LogP contribution in [0.1, 0.15) is 49.7 Å². The molecule has 0 spiro atoms. The molecule has 8 heteroatoms. The summed E-state index contributed by atoms with van der Waals surface area (Å²) in [4.78, 5) is 0. The van der Waals surface area contributed by atoms with Gasteiger partial charge >= 0.3 is 6.18 Å². The Morgan fingerprint density at radius 1 is 0.853 bits per heavy atom. The van der Waals surface area contributed by atoms with E-state index in [1.165, 1.54) is 12.1 Å². The van der Waals surface area contributed by atoms with Crippen molar-refractivity contribution in [3.05, 3.63) is 65.0 Å². The van der Waals surface area contributed by atoms with E-state index in [1.807, 2.05) is 0 Å². The van der Waals surface area contributed by atoms with Crippen LogP contribution in [0.2, 0.25) is 0 Å². The SMILES string of the molecule is CC1COC(C2CCC(c3ccc(-c4cc(F)c(/C=C/C(F)(F)F)c(F)c4)c(F)c3)CC2)OC1. The van der Waals surface area contributed by atoms with Crippen LogP contribution in [0.25, 0.3) is 17.2 Å². The van der Waals surface area contributed by atoms with Crippen LogP contribution < -0.4 is 0 Å². The fourth-order valence-electron chi connectivity index (χ4n) is 4.71. The van der Waals surface area contributed by atoms with Crippen LogP contribution >= 0.6 is 0 Å². The monoisotopic (exact) mass is 484 g/mol. The topological polar surface area (TPSA) is 18.5 Å². The number of alkyl halides is 3. The lowest BCUT2D eigenvalue weighted by atomic mass is 9.78. The Bertz CT molecular complexity index is 1010. The zero-order chi connectivity index (χ0) is 24.5. The average Bonchev–Trinajstić information content (AvgIpc) is 2.78. The second kappa shape index (κ2) is 10.1. The molecule has 34 heavy (non-hydrogen) atoms. The predicted octanol–water partition coefficient (Wildman–Crippen LogP) is 7.63. The van der Waals surface area contributed by atoms with Crippen LogP contribution in [0, 0.1) is 29.3 Å². The third kappa shape index (κ3) is 5.84. The molecule has 1 saturated heterocycles. The molecule has 1 aliphatic heterocycles. The Morgan fingerprint density at radius 3 is 2.03 bits per heavy atom. The van der Waals surface area contributed by atoms with Gasteiger partial charge in [0.05, 0.1) is 13.2 Å². The van der Waals surface area contributed by atoms with E-state index in [2.05, 4.69) is 6.92 Å². The first-order valence-electron chi connectivity index (χ1n) is 11.4. The Labute approximate surface area is 194 Å². The van der Waals surface area contributed by atoms with Gasteiger partial charge < -0.3 is 9.47 Å². The number of ether oxygens (including phenoxy) is 2. The van der Waals surface area contributed by atoms with E-state index in [0.717, 1.165) is 43.4 Å². The van der Waals surface area contributed by atoms with E-state index in [9.17, 15) is 26.3 Å². The quantitative estimate of drug-likeness (QED) is 0.416. The molecule has 2 aromatic rings. The molecule has 0 aromatic heterocycles. The summed E-state index contributed by atoms with van der Waals surface area (Å²) < 4.78 is 92.1. The van der Waals surface area contributed by atoms with Crippen LogP contribution in [0.5, 0.6) is 0 Å². The Kier molecular flexibility index (Phi) is 7.38. The maximum atomic E-state index is 14.9. The molecule has 2 aliphatic rings. The first-order valence-corrected chi connectivity index (χ1v) is 11.4. The highest BCUT2D eigenvalue weighted by molar-refractivity contribution is 5.67. The van der Waals surface area contributed by atoms with Gasteiger partial charge in [-0.15, -0.1) is 0 Å². The van der Waals surface area contributed by atoms with Gasteiger partial charge in [0, 0.05) is 29.0 Å². The van der Waals surface area contributed by atoms with Crippen molar-refractivity contribution in [2.75, 3.05) is 13.2 Å². The van der Waals surface area contributed by atoms with E-state index >= 15 is 0 Å². The second-order valence-corrected chi connectivity index (χ2v) is 9.22. The normalized spacial score (nSPS) is 26.2. The van der Waals surface area contributed by atoms with Crippen molar-refractivity contribution in [1.29, 1.82) is 0 Å². The van der Waals surface area contributed by atoms with E-state index in [0.29, 0.717) is 31.1 Å². The van der Waals surface area contributed by atoms with Gasteiger partial charge in [0.1, 0.15) is 17.5 Å². The molecule has 2 nitrogen and oxygen atoms in total. The summed E-state index contributed by atoms with van der Waals surface area (Å²) in [7, 11) is 0. The van der Waals surface area contributed by atoms with Crippen LogP contribution in [-0.2, 0) is 9.47 Å². The number of hydrogen-bond donors (Lipinski definition) is 0. The molecule has 0 amide bonds. The first-order chi connectivity index (χ1) is 16.1. The predicted molar refractivity (Wildman–Crippen MR) is 116 cm³/mol. The maximum Gasteiger partial charge on any atom is 0.409 e. The molecule has 4 rings (SSSR count). The van der Waals surface area contributed by atoms with Gasteiger partial charge in [-0.1, -0.05) is 19.1 Å². The Balaban J connectivity index is 1.45. The molecule has 184 valence electrons. The van der Waals surface area contributed by atoms with Gasteiger partial charge in [0.25, 0.3) is 0 Å². The van der Waals surface area contributed by atoms with Crippen LogP contribution in [0.3, 0.4) is 0 Å². The van der Waals surface area contributed by atoms with Gasteiger partial charge in [-0.3, -0.25) is 0 Å². The minimum atomic E-state index is -4.70. The van der Waals surface area contributed by atoms with Gasteiger partial charge in [-0.25, -0.2) is 13.2 Å². The molecule has 0 radical (unpaired) electrons. The van der Waals surface area contributed by atoms with E-state index in [1.54, 1.807) is 6.07 Å². The third-order valence-corrected chi connectivity index (χ3v) is 6.54. The molecule has 1 aliphatic carbocycles. The highest BCUT2D eigenvalue weighted by atomic mass is 19.4. The molecule has 0 atom stereocenters. The number of allylic oxidation sites excluding steroid dienone is 1. The maximum absolute atomic E-state index is 14.9. The number of rotatable bonds is 4. The van der Waals surface area contributed by atoms with Crippen LogP contribution in [-0.4, -0.2) is 25.7 Å². The number of benzene rings is 2. The average molecular weight is 484 g/mol. The second-order valence-electron chi connectivity index (χ2n) is 9.22. The summed E-state index contributed by atoms with van der Waals surface area (Å²) >= 11 is 0. The fraction of sp³-hybridized carbons (Fsp3) is 0.462. The Hall–Kier alpha value is -2.32. The summed E-state index contributed by atoms with van der Waals surface area (Å²) in [5.41, 5.74) is -0.104. The van der Waals surface area contributed by atoms with Crippen molar-refractivity contribution in [3.8, 4) is 11.1 Å². The lowest BCUT2D eigenvalue weighted by Gasteiger charge is -2.37. The Morgan fingerprint density at radius 2 is 1.47 bits per heavy atom. The van der Waals surface area contributed by atoms with Crippen molar-refractivity contribution in [2.45, 2.75) is 51.0 Å². The van der Waals surface area contributed by atoms with Gasteiger partial charge in [-0.2, -0.15) is 13.2 Å². The minimum Gasteiger partial charge on any atom is -0.352 e. The van der Waals surface area contributed by atoms with Crippen molar-refractivity contribution < 1.29 is 35.8 Å². The summed E-state index contributed by atoms with van der Waals surface area (Å²) in [5.74, 6) is -2.17. The largest absolute Gasteiger partial charge is 0.409 e. The first kappa shape index (κ1) is 24.8. The van der Waals surface area contributed by atoms with Crippen molar-refractivity contribution >= 4 is 6.08 Å². The van der Waals surface area contributed by atoms with Crippen LogP contribution in [0.4, 0.5) is 26.3 Å². The summed E-state index contributed by atoms with van der Waals surface area (Å²) in [5, 5.41) is 0. The van der Waals surface area contributed by atoms with Crippen molar-refractivity contribution in [2.24, 2.45) is 11.8 Å². The summed E-state index contributed by atoms with van der Waals surface area (Å²) in [6, 6.07) is 6.26. The molecule has 1 saturated carbocycles. The molecule has 2 aromatic carbocycles. The van der Waals surface area contributed by atoms with E-state index in [-0.39, 0.29) is 29.4 Å². The van der Waals surface area contributed by atoms with Gasteiger partial charge in [0.15, 0.2) is 6.29 Å². The van der Waals surface area contributed by atoms with Crippen molar-refractivity contribution in [3.63, 3.8) is 0 Å². The number of halogens is 6. The smallest absolute Gasteiger partial charge is 0.352 e. The van der Waals surface area contributed by atoms with E-state index in [4.69, 9.17) is 9.47 Å². The minimum absolute atomic E-state index is 0.0142. The third-order valence-electron chi connectivity index (χ3n) is 6.54. The lowest BCUT2D eigenvalue weighted by molar-refractivity contribution is -0.226. The highest BCUT2D eigenvalue weighted by Gasteiger charge is 2.32. The highest BCUT2D eigenvalue weighted by Crippen LogP contribution is 2.40. The lowest BCUT2D eigenvalue weighted by Crippen LogP contribution is -2.37. The summed E-state index contributed by atoms with van der Waals surface area (Å²) in [6.07, 6.45) is -1.30. The molecule has 0 unspecified atom stereocenters. The molecule has 1 heterocycles. The van der Waals surface area contributed by atoms with Crippen LogP contribution in [0.15, 0.2) is 36.4 Å². The number of hydrogen-bond acceptors (Lipinski definition) is 2. The zero-order valence-corrected chi connectivity index (χ0v) is 18.7. The molecule has 2 fully saturated rings. The van der Waals surface area contributed by atoms with E-state index < -0.39 is 29.2 Å². The van der Waals surface area contributed by atoms with Gasteiger partial charge in [0.2, 0.25) is 0 Å². The molecular weight excluding hydrogens is 458 g/mol.